The van der Waals surface area contributed by atoms with Gasteiger partial charge in [0.15, 0.2) is 23.3 Å². The van der Waals surface area contributed by atoms with Crippen molar-refractivity contribution in [3.63, 3.8) is 0 Å². The standard InChI is InChI=1S/C40H24N10/c1-3-11-25(12-4-1)35-47-36(26-13-5-2-6-14-26)49-39(48-35)50-32-18-10-8-16-28(32)30-20-19-29-27-15-7-9-17-31(27)40(33(29)34(30)50,37-43-21-41-22-44-37)38-45-23-42-24-46-38/h1-24H. The lowest BCUT2D eigenvalue weighted by atomic mass is 9.75. The minimum Gasteiger partial charge on any atom is -0.277 e. The van der Waals surface area contributed by atoms with Crippen LogP contribution in [-0.2, 0) is 5.41 Å². The number of hydrogen-bond acceptors (Lipinski definition) is 9. The summed E-state index contributed by atoms with van der Waals surface area (Å²) in [5.41, 5.74) is 6.41. The summed E-state index contributed by atoms with van der Waals surface area (Å²) in [6, 6.07) is 41.0. The normalized spacial score (nSPS) is 13.0. The van der Waals surface area contributed by atoms with E-state index in [1.54, 1.807) is 0 Å². The van der Waals surface area contributed by atoms with Crippen molar-refractivity contribution in [2.24, 2.45) is 0 Å². The Morgan fingerprint density at radius 3 is 1.66 bits per heavy atom. The quantitative estimate of drug-likeness (QED) is 0.194. The number of benzene rings is 5. The molecule has 234 valence electrons. The third-order valence-corrected chi connectivity index (χ3v) is 9.38. The van der Waals surface area contributed by atoms with E-state index < -0.39 is 5.41 Å². The van der Waals surface area contributed by atoms with Crippen molar-refractivity contribution < 1.29 is 0 Å². The monoisotopic (exact) mass is 644 g/mol. The van der Waals surface area contributed by atoms with Crippen LogP contribution in [0.1, 0.15) is 22.8 Å². The van der Waals surface area contributed by atoms with Crippen LogP contribution in [0.2, 0.25) is 0 Å². The van der Waals surface area contributed by atoms with Gasteiger partial charge in [0.05, 0.1) is 11.0 Å². The number of rotatable bonds is 5. The maximum Gasteiger partial charge on any atom is 0.238 e. The predicted octanol–water partition coefficient (Wildman–Crippen LogP) is 7.04. The summed E-state index contributed by atoms with van der Waals surface area (Å²) in [5, 5.41) is 2.06. The maximum absolute atomic E-state index is 5.20. The summed E-state index contributed by atoms with van der Waals surface area (Å²) in [4.78, 5) is 43.0. The molecule has 10 heteroatoms. The fourth-order valence-corrected chi connectivity index (χ4v) is 7.38. The first kappa shape index (κ1) is 28.0. The van der Waals surface area contributed by atoms with Crippen LogP contribution in [-0.4, -0.2) is 49.4 Å². The van der Waals surface area contributed by atoms with Gasteiger partial charge in [-0.05, 0) is 22.8 Å². The van der Waals surface area contributed by atoms with E-state index in [0.29, 0.717) is 29.2 Å². The van der Waals surface area contributed by atoms with Gasteiger partial charge in [0.1, 0.15) is 30.7 Å². The molecular formula is C40H24N10. The Kier molecular flexibility index (Phi) is 6.15. The highest BCUT2D eigenvalue weighted by atomic mass is 15.2. The molecule has 50 heavy (non-hydrogen) atoms. The van der Waals surface area contributed by atoms with Crippen molar-refractivity contribution in [2.75, 3.05) is 0 Å². The summed E-state index contributed by atoms with van der Waals surface area (Å²) in [6.45, 7) is 0. The van der Waals surface area contributed by atoms with Crippen molar-refractivity contribution in [3.8, 4) is 39.9 Å². The molecule has 1 aliphatic carbocycles. The third-order valence-electron chi connectivity index (χ3n) is 9.38. The Labute approximate surface area is 285 Å². The molecular weight excluding hydrogens is 621 g/mol. The number of nitrogens with zero attached hydrogens (tertiary/aromatic N) is 10. The minimum absolute atomic E-state index is 0.480. The average molecular weight is 645 g/mol. The molecule has 0 amide bonds. The molecule has 0 saturated heterocycles. The Morgan fingerprint density at radius 2 is 1.02 bits per heavy atom. The SMILES string of the molecule is c1ccc(-c2nc(-c3ccccc3)nc(-n3c4ccccc4c4ccc5c(c43)C(c3ncncn3)(c3ncncn3)c3ccccc3-5)n2)cc1. The van der Waals surface area contributed by atoms with E-state index >= 15 is 0 Å². The Morgan fingerprint density at radius 1 is 0.460 bits per heavy atom. The van der Waals surface area contributed by atoms with Crippen LogP contribution in [0, 0.1) is 0 Å². The first-order valence-corrected chi connectivity index (χ1v) is 16.1. The van der Waals surface area contributed by atoms with E-state index in [2.05, 4.69) is 57.0 Å². The fraction of sp³-hybridized carbons (Fsp3) is 0.0250. The van der Waals surface area contributed by atoms with Crippen LogP contribution in [0.15, 0.2) is 147 Å². The molecule has 0 fully saturated rings. The maximum atomic E-state index is 5.20. The van der Waals surface area contributed by atoms with Gasteiger partial charge in [0, 0.05) is 27.5 Å². The molecule has 10 rings (SSSR count). The molecule has 0 atom stereocenters. The molecule has 0 saturated carbocycles. The minimum atomic E-state index is -1.12. The van der Waals surface area contributed by atoms with E-state index in [1.165, 1.54) is 25.3 Å². The van der Waals surface area contributed by atoms with Gasteiger partial charge in [0.25, 0.3) is 0 Å². The number of para-hydroxylation sites is 1. The third kappa shape index (κ3) is 3.99. The topological polar surface area (TPSA) is 121 Å². The molecule has 0 unspecified atom stereocenters. The molecule has 10 nitrogen and oxygen atoms in total. The zero-order valence-electron chi connectivity index (χ0n) is 26.3. The second kappa shape index (κ2) is 11.0. The van der Waals surface area contributed by atoms with Crippen molar-refractivity contribution in [1.29, 1.82) is 0 Å². The number of fused-ring (bicyclic) bond motifs is 7. The van der Waals surface area contributed by atoms with Crippen LogP contribution >= 0.6 is 0 Å². The Hall–Kier alpha value is -7.07. The second-order valence-electron chi connectivity index (χ2n) is 12.0. The lowest BCUT2D eigenvalue weighted by Crippen LogP contribution is -2.34. The fourth-order valence-electron chi connectivity index (χ4n) is 7.38. The van der Waals surface area contributed by atoms with Gasteiger partial charge in [-0.2, -0.15) is 9.97 Å². The van der Waals surface area contributed by atoms with Crippen LogP contribution in [0.3, 0.4) is 0 Å². The van der Waals surface area contributed by atoms with Gasteiger partial charge in [-0.1, -0.05) is 115 Å². The number of hydrogen-bond donors (Lipinski definition) is 0. The second-order valence-corrected chi connectivity index (χ2v) is 12.0. The summed E-state index contributed by atoms with van der Waals surface area (Å²) < 4.78 is 2.15. The summed E-state index contributed by atoms with van der Waals surface area (Å²) in [7, 11) is 0. The summed E-state index contributed by atoms with van der Waals surface area (Å²) in [5.74, 6) is 2.61. The average Bonchev–Trinajstić information content (AvgIpc) is 3.70. The largest absolute Gasteiger partial charge is 0.277 e. The molecule has 4 heterocycles. The van der Waals surface area contributed by atoms with Crippen LogP contribution in [0.4, 0.5) is 0 Å². The van der Waals surface area contributed by atoms with Gasteiger partial charge >= 0.3 is 0 Å². The molecule has 4 aromatic heterocycles. The molecule has 1 aliphatic rings. The Balaban J connectivity index is 1.40. The number of aromatic nitrogens is 10. The molecule has 5 aromatic carbocycles. The zero-order valence-corrected chi connectivity index (χ0v) is 26.3. The zero-order chi connectivity index (χ0) is 33.1. The first-order valence-electron chi connectivity index (χ1n) is 16.1. The van der Waals surface area contributed by atoms with Gasteiger partial charge < -0.3 is 0 Å². The highest BCUT2D eigenvalue weighted by molar-refractivity contribution is 6.13. The van der Waals surface area contributed by atoms with E-state index in [-0.39, 0.29) is 0 Å². The van der Waals surface area contributed by atoms with Crippen LogP contribution in [0.5, 0.6) is 0 Å². The van der Waals surface area contributed by atoms with Crippen molar-refractivity contribution in [3.05, 3.63) is 169 Å². The lowest BCUT2D eigenvalue weighted by Gasteiger charge is -2.29. The highest BCUT2D eigenvalue weighted by Crippen LogP contribution is 2.57. The molecule has 0 bridgehead atoms. The molecule has 0 aliphatic heterocycles. The highest BCUT2D eigenvalue weighted by Gasteiger charge is 2.52. The summed E-state index contributed by atoms with van der Waals surface area (Å²) in [6.07, 6.45) is 6.08. The van der Waals surface area contributed by atoms with Crippen LogP contribution in [0.25, 0.3) is 61.7 Å². The molecule has 0 radical (unpaired) electrons. The molecule has 0 N–H and O–H groups in total. The van der Waals surface area contributed by atoms with E-state index in [0.717, 1.165) is 55.2 Å². The Bertz CT molecular complexity index is 2600. The van der Waals surface area contributed by atoms with Crippen molar-refractivity contribution in [1.82, 2.24) is 49.4 Å². The van der Waals surface area contributed by atoms with Crippen LogP contribution < -0.4 is 0 Å². The first-order chi connectivity index (χ1) is 24.8. The molecule has 0 spiro atoms. The molecule has 9 aromatic rings. The smallest absolute Gasteiger partial charge is 0.238 e. The van der Waals surface area contributed by atoms with Crippen molar-refractivity contribution in [2.45, 2.75) is 5.41 Å². The van der Waals surface area contributed by atoms with Crippen molar-refractivity contribution >= 4 is 21.8 Å². The van der Waals surface area contributed by atoms with Gasteiger partial charge in [-0.25, -0.2) is 34.9 Å². The van der Waals surface area contributed by atoms with E-state index in [4.69, 9.17) is 34.9 Å². The predicted molar refractivity (Wildman–Crippen MR) is 189 cm³/mol. The van der Waals surface area contributed by atoms with Gasteiger partial charge in [0.2, 0.25) is 5.95 Å². The van der Waals surface area contributed by atoms with E-state index in [1.807, 2.05) is 78.9 Å². The van der Waals surface area contributed by atoms with E-state index in [9.17, 15) is 0 Å². The van der Waals surface area contributed by atoms with Gasteiger partial charge in [-0.3, -0.25) is 4.57 Å². The van der Waals surface area contributed by atoms with Gasteiger partial charge in [-0.15, -0.1) is 0 Å². The summed E-state index contributed by atoms with van der Waals surface area (Å²) >= 11 is 0. The lowest BCUT2D eigenvalue weighted by molar-refractivity contribution is 0.635.